The van der Waals surface area contributed by atoms with Crippen LogP contribution in [0.2, 0.25) is 0 Å². The number of furan rings is 1. The van der Waals surface area contributed by atoms with Crippen molar-refractivity contribution in [3.63, 3.8) is 0 Å². The van der Waals surface area contributed by atoms with Gasteiger partial charge in [0, 0.05) is 12.6 Å². The number of nitrogens with zero attached hydrogens (tertiary/aromatic N) is 5. The molecular weight excluding hydrogens is 310 g/mol. The molecule has 0 bridgehead atoms. The van der Waals surface area contributed by atoms with Crippen LogP contribution >= 0.6 is 0 Å². The van der Waals surface area contributed by atoms with Gasteiger partial charge >= 0.3 is 5.69 Å². The van der Waals surface area contributed by atoms with Crippen LogP contribution in [0.15, 0.2) is 51.0 Å². The summed E-state index contributed by atoms with van der Waals surface area (Å²) in [5.41, 5.74) is 2.72. The van der Waals surface area contributed by atoms with Crippen LogP contribution in [0.25, 0.3) is 5.69 Å². The van der Waals surface area contributed by atoms with Crippen LogP contribution in [0.3, 0.4) is 0 Å². The molecule has 2 heterocycles. The quantitative estimate of drug-likeness (QED) is 0.527. The molecule has 0 atom stereocenters. The number of hydrogen-bond acceptors (Lipinski definition) is 6. The van der Waals surface area contributed by atoms with Gasteiger partial charge in [0.1, 0.15) is 12.3 Å². The maximum absolute atomic E-state index is 12.1. The van der Waals surface area contributed by atoms with E-state index < -0.39 is 0 Å². The van der Waals surface area contributed by atoms with Gasteiger partial charge in [0.25, 0.3) is 0 Å². The van der Waals surface area contributed by atoms with Gasteiger partial charge < -0.3 is 9.25 Å². The molecule has 3 aromatic rings. The fourth-order valence-electron chi connectivity index (χ4n) is 2.26. The SMILES string of the molecule is C/C(=N/OCc1c(C)cccc1-n1nnn(C)c1=O)c1ccco1. The highest BCUT2D eigenvalue weighted by atomic mass is 16.6. The maximum Gasteiger partial charge on any atom is 0.368 e. The molecule has 0 unspecified atom stereocenters. The van der Waals surface area contributed by atoms with Gasteiger partial charge in [0.05, 0.1) is 12.0 Å². The predicted octanol–water partition coefficient (Wildman–Crippen LogP) is 1.81. The van der Waals surface area contributed by atoms with Crippen LogP contribution in [0, 0.1) is 6.92 Å². The monoisotopic (exact) mass is 327 g/mol. The van der Waals surface area contributed by atoms with E-state index in [1.807, 2.05) is 19.1 Å². The second-order valence-corrected chi connectivity index (χ2v) is 5.30. The normalized spacial score (nSPS) is 11.7. The average Bonchev–Trinajstić information content (AvgIpc) is 3.20. The van der Waals surface area contributed by atoms with E-state index in [0.717, 1.165) is 11.1 Å². The molecule has 3 rings (SSSR count). The number of tetrazole rings is 1. The van der Waals surface area contributed by atoms with Crippen molar-refractivity contribution in [2.45, 2.75) is 20.5 Å². The Balaban J connectivity index is 1.87. The molecule has 0 amide bonds. The molecule has 124 valence electrons. The molecule has 0 aliphatic heterocycles. The predicted molar refractivity (Wildman–Crippen MR) is 87.0 cm³/mol. The zero-order chi connectivity index (χ0) is 17.1. The van der Waals surface area contributed by atoms with E-state index in [1.165, 1.54) is 9.36 Å². The highest BCUT2D eigenvalue weighted by Gasteiger charge is 2.13. The molecule has 0 radical (unpaired) electrons. The molecule has 8 nitrogen and oxygen atoms in total. The van der Waals surface area contributed by atoms with Crippen molar-refractivity contribution in [1.29, 1.82) is 0 Å². The van der Waals surface area contributed by atoms with Crippen LogP contribution in [0.5, 0.6) is 0 Å². The summed E-state index contributed by atoms with van der Waals surface area (Å²) in [5, 5.41) is 11.7. The van der Waals surface area contributed by atoms with E-state index in [0.29, 0.717) is 17.2 Å². The molecule has 0 N–H and O–H groups in total. The Kier molecular flexibility index (Phi) is 4.28. The van der Waals surface area contributed by atoms with Crippen LogP contribution in [-0.4, -0.2) is 25.5 Å². The van der Waals surface area contributed by atoms with Crippen molar-refractivity contribution in [1.82, 2.24) is 19.8 Å². The summed E-state index contributed by atoms with van der Waals surface area (Å²) >= 11 is 0. The molecule has 0 saturated heterocycles. The second-order valence-electron chi connectivity index (χ2n) is 5.30. The smallest absolute Gasteiger partial charge is 0.368 e. The molecule has 24 heavy (non-hydrogen) atoms. The minimum atomic E-state index is -0.322. The highest BCUT2D eigenvalue weighted by Crippen LogP contribution is 2.18. The third kappa shape index (κ3) is 2.98. The molecular formula is C16H17N5O3. The molecule has 0 aliphatic carbocycles. The molecule has 1 aromatic carbocycles. The van der Waals surface area contributed by atoms with Crippen molar-refractivity contribution < 1.29 is 9.25 Å². The number of rotatable bonds is 5. The van der Waals surface area contributed by atoms with Crippen molar-refractivity contribution >= 4 is 5.71 Å². The standard InChI is InChI=1S/C16H17N5O3/c1-11-6-4-7-14(21-16(22)20(3)18-19-21)13(11)10-24-17-12(2)15-8-5-9-23-15/h4-9H,10H2,1-3H3/b17-12-. The van der Waals surface area contributed by atoms with Crippen LogP contribution in [0.4, 0.5) is 0 Å². The average molecular weight is 327 g/mol. The number of aromatic nitrogens is 4. The lowest BCUT2D eigenvalue weighted by Gasteiger charge is -2.10. The van der Waals surface area contributed by atoms with Gasteiger partial charge in [-0.25, -0.2) is 4.79 Å². The van der Waals surface area contributed by atoms with Gasteiger partial charge in [-0.05, 0) is 48.0 Å². The Labute approximate surface area is 137 Å². The third-order valence-corrected chi connectivity index (χ3v) is 3.62. The molecule has 2 aromatic heterocycles. The van der Waals surface area contributed by atoms with Gasteiger partial charge in [-0.3, -0.25) is 0 Å². The number of aryl methyl sites for hydroxylation is 2. The van der Waals surface area contributed by atoms with E-state index >= 15 is 0 Å². The summed E-state index contributed by atoms with van der Waals surface area (Å²) in [4.78, 5) is 17.5. The van der Waals surface area contributed by atoms with Gasteiger partial charge in [-0.2, -0.15) is 9.36 Å². The number of benzene rings is 1. The van der Waals surface area contributed by atoms with Crippen molar-refractivity contribution in [3.8, 4) is 5.69 Å². The Bertz CT molecular complexity index is 922. The number of hydrogen-bond donors (Lipinski definition) is 0. The fraction of sp³-hybridized carbons (Fsp3) is 0.250. The minimum Gasteiger partial charge on any atom is -0.463 e. The summed E-state index contributed by atoms with van der Waals surface area (Å²) in [7, 11) is 1.55. The molecule has 8 heteroatoms. The number of oxime groups is 1. The Hall–Kier alpha value is -3.16. The first-order valence-electron chi connectivity index (χ1n) is 7.36. The lowest BCUT2D eigenvalue weighted by atomic mass is 10.1. The largest absolute Gasteiger partial charge is 0.463 e. The first-order chi connectivity index (χ1) is 11.6. The van der Waals surface area contributed by atoms with Gasteiger partial charge in [0.15, 0.2) is 5.76 Å². The first-order valence-corrected chi connectivity index (χ1v) is 7.36. The third-order valence-electron chi connectivity index (χ3n) is 3.62. The fourth-order valence-corrected chi connectivity index (χ4v) is 2.26. The summed E-state index contributed by atoms with van der Waals surface area (Å²) in [6, 6.07) is 9.18. The summed E-state index contributed by atoms with van der Waals surface area (Å²) in [5.74, 6) is 0.644. The van der Waals surface area contributed by atoms with Gasteiger partial charge in [0.2, 0.25) is 0 Å². The second kappa shape index (κ2) is 6.53. The van der Waals surface area contributed by atoms with Gasteiger partial charge in [-0.15, -0.1) is 0 Å². The van der Waals surface area contributed by atoms with Gasteiger partial charge in [-0.1, -0.05) is 17.3 Å². The Morgan fingerprint density at radius 1 is 1.29 bits per heavy atom. The Morgan fingerprint density at radius 3 is 2.79 bits per heavy atom. The lowest BCUT2D eigenvalue weighted by Crippen LogP contribution is -2.23. The lowest BCUT2D eigenvalue weighted by molar-refractivity contribution is 0.129. The van der Waals surface area contributed by atoms with Crippen molar-refractivity contribution in [2.24, 2.45) is 12.2 Å². The summed E-state index contributed by atoms with van der Waals surface area (Å²) in [6.07, 6.45) is 1.58. The molecule has 0 fully saturated rings. The minimum absolute atomic E-state index is 0.197. The maximum atomic E-state index is 12.1. The van der Waals surface area contributed by atoms with Crippen LogP contribution in [-0.2, 0) is 18.5 Å². The summed E-state index contributed by atoms with van der Waals surface area (Å²) < 4.78 is 7.67. The van der Waals surface area contributed by atoms with E-state index in [4.69, 9.17) is 9.25 Å². The van der Waals surface area contributed by atoms with E-state index in [1.54, 1.807) is 38.4 Å². The van der Waals surface area contributed by atoms with Crippen molar-refractivity contribution in [2.75, 3.05) is 0 Å². The summed E-state index contributed by atoms with van der Waals surface area (Å²) in [6.45, 7) is 3.93. The van der Waals surface area contributed by atoms with E-state index in [-0.39, 0.29) is 12.3 Å². The Morgan fingerprint density at radius 2 is 2.12 bits per heavy atom. The molecule has 0 aliphatic rings. The molecule has 0 saturated carbocycles. The van der Waals surface area contributed by atoms with E-state index in [2.05, 4.69) is 15.6 Å². The van der Waals surface area contributed by atoms with Crippen molar-refractivity contribution in [3.05, 3.63) is 64.0 Å². The van der Waals surface area contributed by atoms with Crippen LogP contribution in [0.1, 0.15) is 23.8 Å². The topological polar surface area (TPSA) is 87.4 Å². The zero-order valence-electron chi connectivity index (χ0n) is 13.6. The van der Waals surface area contributed by atoms with Crippen LogP contribution < -0.4 is 5.69 Å². The van der Waals surface area contributed by atoms with E-state index in [9.17, 15) is 4.79 Å². The first kappa shape index (κ1) is 15.7. The zero-order valence-corrected chi connectivity index (χ0v) is 13.6. The molecule has 0 spiro atoms. The highest BCUT2D eigenvalue weighted by molar-refractivity contribution is 5.95.